The van der Waals surface area contributed by atoms with Gasteiger partial charge in [0.1, 0.15) is 12.2 Å². The van der Waals surface area contributed by atoms with Crippen molar-refractivity contribution in [2.75, 3.05) is 6.54 Å². The number of carbonyl (C=O) groups excluding carboxylic acids is 3. The van der Waals surface area contributed by atoms with Gasteiger partial charge >= 0.3 is 0 Å². The first kappa shape index (κ1) is 22.9. The number of hydrogen-bond donors (Lipinski definition) is 4. The minimum atomic E-state index is -0.882. The molecule has 172 valence electrons. The van der Waals surface area contributed by atoms with Gasteiger partial charge in [-0.25, -0.2) is 0 Å². The highest BCUT2D eigenvalue weighted by Gasteiger charge is 2.25. The van der Waals surface area contributed by atoms with Crippen LogP contribution in [0, 0.1) is 0 Å². The molecular formula is C27H26N4O3. The molecule has 0 fully saturated rings. The Bertz CT molecular complexity index is 1330. The molecule has 0 unspecified atom stereocenters. The van der Waals surface area contributed by atoms with Crippen LogP contribution in [-0.2, 0) is 20.8 Å². The molecule has 0 bridgehead atoms. The Balaban J connectivity index is 1.64. The molecule has 5 N–H and O–H groups in total. The second kappa shape index (κ2) is 10.6. The van der Waals surface area contributed by atoms with E-state index in [9.17, 15) is 14.4 Å². The van der Waals surface area contributed by atoms with Crippen molar-refractivity contribution in [3.8, 4) is 0 Å². The Hall–Kier alpha value is -4.23. The van der Waals surface area contributed by atoms with Crippen LogP contribution in [0.25, 0.3) is 21.5 Å². The number of rotatable bonds is 9. The molecule has 0 aliphatic carbocycles. The van der Waals surface area contributed by atoms with Gasteiger partial charge in [-0.15, -0.1) is 0 Å². The number of amides is 3. The summed E-state index contributed by atoms with van der Waals surface area (Å²) in [4.78, 5) is 36.9. The molecular weight excluding hydrogens is 428 g/mol. The predicted molar refractivity (Wildman–Crippen MR) is 133 cm³/mol. The van der Waals surface area contributed by atoms with E-state index in [1.807, 2.05) is 84.9 Å². The third-order valence-corrected chi connectivity index (χ3v) is 5.80. The fourth-order valence-corrected chi connectivity index (χ4v) is 4.18. The minimum Gasteiger partial charge on any atom is -0.343 e. The van der Waals surface area contributed by atoms with E-state index in [0.717, 1.165) is 32.7 Å². The summed E-state index contributed by atoms with van der Waals surface area (Å²) in [7, 11) is 0. The number of benzene rings is 4. The van der Waals surface area contributed by atoms with Crippen molar-refractivity contribution in [2.45, 2.75) is 18.6 Å². The fourth-order valence-electron chi connectivity index (χ4n) is 4.18. The Morgan fingerprint density at radius 3 is 2.12 bits per heavy atom. The maximum Gasteiger partial charge on any atom is 0.244 e. The van der Waals surface area contributed by atoms with E-state index >= 15 is 0 Å². The summed E-state index contributed by atoms with van der Waals surface area (Å²) in [5, 5.41) is 12.2. The smallest absolute Gasteiger partial charge is 0.244 e. The van der Waals surface area contributed by atoms with Crippen LogP contribution in [-0.4, -0.2) is 30.8 Å². The van der Waals surface area contributed by atoms with E-state index in [4.69, 9.17) is 5.73 Å². The summed E-state index contributed by atoms with van der Waals surface area (Å²) in [5.41, 5.74) is 7.16. The van der Waals surface area contributed by atoms with E-state index in [1.54, 1.807) is 0 Å². The Labute approximate surface area is 197 Å². The van der Waals surface area contributed by atoms with Gasteiger partial charge in [0, 0.05) is 12.0 Å². The zero-order valence-electron chi connectivity index (χ0n) is 18.5. The maximum absolute atomic E-state index is 13.4. The van der Waals surface area contributed by atoms with Crippen molar-refractivity contribution in [1.82, 2.24) is 16.0 Å². The normalized spacial score (nSPS) is 12.6. The Morgan fingerprint density at radius 2 is 1.41 bits per heavy atom. The van der Waals surface area contributed by atoms with Gasteiger partial charge in [-0.3, -0.25) is 14.4 Å². The summed E-state index contributed by atoms with van der Waals surface area (Å²) in [6, 6.07) is 26.2. The maximum atomic E-state index is 13.4. The van der Waals surface area contributed by atoms with E-state index < -0.39 is 24.0 Å². The molecule has 3 amide bonds. The topological polar surface area (TPSA) is 113 Å². The lowest BCUT2D eigenvalue weighted by atomic mass is 9.97. The average molecular weight is 455 g/mol. The molecule has 2 atom stereocenters. The van der Waals surface area contributed by atoms with Crippen LogP contribution in [0.15, 0.2) is 84.9 Å². The average Bonchev–Trinajstić information content (AvgIpc) is 2.87. The van der Waals surface area contributed by atoms with Crippen LogP contribution in [0.3, 0.4) is 0 Å². The van der Waals surface area contributed by atoms with Crippen molar-refractivity contribution in [2.24, 2.45) is 5.73 Å². The lowest BCUT2D eigenvalue weighted by Crippen LogP contribution is -2.52. The molecule has 4 aromatic carbocycles. The van der Waals surface area contributed by atoms with Gasteiger partial charge in [0.15, 0.2) is 0 Å². The molecule has 34 heavy (non-hydrogen) atoms. The number of hydrogen-bond acceptors (Lipinski definition) is 4. The van der Waals surface area contributed by atoms with Crippen molar-refractivity contribution < 1.29 is 14.4 Å². The summed E-state index contributed by atoms with van der Waals surface area (Å²) in [5.74, 6) is -0.868. The SMILES string of the molecule is NCC(=O)N[C@H](Cc1cccc2ccccc12)C(=O)N[C@@H](NC=O)c1cccc2ccccc12. The third kappa shape index (κ3) is 5.05. The predicted octanol–water partition coefficient (Wildman–Crippen LogP) is 2.54. The third-order valence-electron chi connectivity index (χ3n) is 5.80. The molecule has 0 spiro atoms. The summed E-state index contributed by atoms with van der Waals surface area (Å²) in [6.45, 7) is -0.237. The number of nitrogens with one attached hydrogen (secondary N) is 3. The van der Waals surface area contributed by atoms with Crippen LogP contribution < -0.4 is 21.7 Å². The lowest BCUT2D eigenvalue weighted by Gasteiger charge is -2.24. The molecule has 0 heterocycles. The fraction of sp³-hybridized carbons (Fsp3) is 0.148. The van der Waals surface area contributed by atoms with Crippen LogP contribution >= 0.6 is 0 Å². The van der Waals surface area contributed by atoms with E-state index in [1.165, 1.54) is 0 Å². The molecule has 7 heteroatoms. The van der Waals surface area contributed by atoms with Crippen LogP contribution in [0.4, 0.5) is 0 Å². The molecule has 4 rings (SSSR count). The minimum absolute atomic E-state index is 0.237. The largest absolute Gasteiger partial charge is 0.343 e. The second-order valence-electron chi connectivity index (χ2n) is 7.96. The molecule has 0 aliphatic heterocycles. The van der Waals surface area contributed by atoms with Gasteiger partial charge in [-0.2, -0.15) is 0 Å². The second-order valence-corrected chi connectivity index (χ2v) is 7.96. The molecule has 0 aromatic heterocycles. The number of nitrogens with two attached hydrogens (primary N) is 1. The first-order valence-corrected chi connectivity index (χ1v) is 11.0. The van der Waals surface area contributed by atoms with Gasteiger partial charge in [-0.1, -0.05) is 84.9 Å². The van der Waals surface area contributed by atoms with Gasteiger partial charge in [0.2, 0.25) is 18.2 Å². The molecule has 0 aliphatic rings. The summed E-state index contributed by atoms with van der Waals surface area (Å²) in [6.07, 6.45) is 0.0357. The molecule has 0 saturated carbocycles. The zero-order valence-corrected chi connectivity index (χ0v) is 18.5. The molecule has 7 nitrogen and oxygen atoms in total. The van der Waals surface area contributed by atoms with Crippen LogP contribution in [0.1, 0.15) is 17.3 Å². The summed E-state index contributed by atoms with van der Waals surface area (Å²) >= 11 is 0. The zero-order chi connectivity index (χ0) is 23.9. The highest BCUT2D eigenvalue weighted by atomic mass is 16.2. The van der Waals surface area contributed by atoms with Gasteiger partial charge in [0.05, 0.1) is 6.54 Å². The first-order valence-electron chi connectivity index (χ1n) is 11.0. The lowest BCUT2D eigenvalue weighted by molar-refractivity contribution is -0.129. The van der Waals surface area contributed by atoms with Gasteiger partial charge < -0.3 is 21.7 Å². The van der Waals surface area contributed by atoms with Crippen molar-refractivity contribution in [1.29, 1.82) is 0 Å². The highest BCUT2D eigenvalue weighted by molar-refractivity contribution is 5.92. The van der Waals surface area contributed by atoms with Crippen LogP contribution in [0.2, 0.25) is 0 Å². The monoisotopic (exact) mass is 454 g/mol. The van der Waals surface area contributed by atoms with Crippen molar-refractivity contribution in [3.05, 3.63) is 96.1 Å². The number of fused-ring (bicyclic) bond motifs is 2. The standard InChI is InChI=1S/C27H26N4O3/c28-16-25(33)30-24(15-20-11-5-9-18-7-1-3-12-21(18)20)27(34)31-26(29-17-32)23-14-6-10-19-8-2-4-13-22(19)23/h1-14,17,24,26H,15-16,28H2,(H,29,32)(H,30,33)(H,31,34)/t24-,26-/m1/s1. The van der Waals surface area contributed by atoms with Gasteiger partial charge in [0.25, 0.3) is 0 Å². The molecule has 0 saturated heterocycles. The van der Waals surface area contributed by atoms with Crippen LogP contribution in [0.5, 0.6) is 0 Å². The Morgan fingerprint density at radius 1 is 0.794 bits per heavy atom. The molecule has 4 aromatic rings. The quantitative estimate of drug-likeness (QED) is 0.230. The first-order chi connectivity index (χ1) is 16.6. The summed E-state index contributed by atoms with van der Waals surface area (Å²) < 4.78 is 0. The van der Waals surface area contributed by atoms with E-state index in [-0.39, 0.29) is 13.0 Å². The van der Waals surface area contributed by atoms with Crippen molar-refractivity contribution in [3.63, 3.8) is 0 Å². The highest BCUT2D eigenvalue weighted by Crippen LogP contribution is 2.24. The van der Waals surface area contributed by atoms with Gasteiger partial charge in [-0.05, 0) is 27.1 Å². The Kier molecular flexibility index (Phi) is 7.15. The van der Waals surface area contributed by atoms with E-state index in [0.29, 0.717) is 6.41 Å². The number of carbonyl (C=O) groups is 3. The van der Waals surface area contributed by atoms with E-state index in [2.05, 4.69) is 16.0 Å². The molecule has 0 radical (unpaired) electrons. The van der Waals surface area contributed by atoms with Crippen molar-refractivity contribution >= 4 is 39.8 Å².